The smallest absolute Gasteiger partial charge is 0.257 e. The van der Waals surface area contributed by atoms with Crippen molar-refractivity contribution in [2.75, 3.05) is 16.3 Å². The third kappa shape index (κ3) is 4.86. The van der Waals surface area contributed by atoms with Gasteiger partial charge in [-0.05, 0) is 42.8 Å². The van der Waals surface area contributed by atoms with Gasteiger partial charge in [-0.1, -0.05) is 29.3 Å². The molecule has 0 aromatic heterocycles. The predicted octanol–water partition coefficient (Wildman–Crippen LogP) is 3.93. The molecule has 0 radical (unpaired) electrons. The number of carbonyl (C=O) groups excluding carboxylic acids is 1. The number of rotatable bonds is 4. The lowest BCUT2D eigenvalue weighted by molar-refractivity contribution is 0.102. The van der Waals surface area contributed by atoms with E-state index in [4.69, 9.17) is 23.2 Å². The molecule has 0 heterocycles. The second-order valence-electron chi connectivity index (χ2n) is 4.98. The molecule has 0 saturated carbocycles. The number of nitrogens with one attached hydrogen (secondary N) is 2. The van der Waals surface area contributed by atoms with Crippen LogP contribution in [0.25, 0.3) is 0 Å². The number of sulfonamides is 1. The van der Waals surface area contributed by atoms with Gasteiger partial charge >= 0.3 is 0 Å². The Labute approximate surface area is 144 Å². The van der Waals surface area contributed by atoms with Crippen LogP contribution in [0.3, 0.4) is 0 Å². The van der Waals surface area contributed by atoms with Crippen LogP contribution in [0.15, 0.2) is 36.4 Å². The van der Waals surface area contributed by atoms with Gasteiger partial charge in [-0.25, -0.2) is 8.42 Å². The molecular formula is C15H14Cl2N2O3S. The van der Waals surface area contributed by atoms with Gasteiger partial charge in [-0.3, -0.25) is 9.52 Å². The minimum absolute atomic E-state index is 0.152. The number of aryl methyl sites for hydroxylation is 1. The summed E-state index contributed by atoms with van der Waals surface area (Å²) in [7, 11) is -3.45. The largest absolute Gasteiger partial charge is 0.322 e. The first-order valence-corrected chi connectivity index (χ1v) is 9.15. The van der Waals surface area contributed by atoms with Crippen molar-refractivity contribution in [3.8, 4) is 0 Å². The minimum Gasteiger partial charge on any atom is -0.322 e. The molecule has 122 valence electrons. The number of carbonyl (C=O) groups is 1. The Morgan fingerprint density at radius 2 is 1.78 bits per heavy atom. The average molecular weight is 373 g/mol. The lowest BCUT2D eigenvalue weighted by Gasteiger charge is -2.11. The number of amides is 1. The number of halogens is 2. The van der Waals surface area contributed by atoms with Crippen molar-refractivity contribution >= 4 is 50.5 Å². The Morgan fingerprint density at radius 3 is 2.43 bits per heavy atom. The zero-order valence-corrected chi connectivity index (χ0v) is 14.7. The second kappa shape index (κ2) is 6.78. The highest BCUT2D eigenvalue weighted by Crippen LogP contribution is 2.25. The fraction of sp³-hybridized carbons (Fsp3) is 0.133. The summed E-state index contributed by atoms with van der Waals surface area (Å²) < 4.78 is 24.9. The van der Waals surface area contributed by atoms with Crippen LogP contribution in [0, 0.1) is 6.92 Å². The van der Waals surface area contributed by atoms with Gasteiger partial charge in [0, 0.05) is 16.4 Å². The van der Waals surface area contributed by atoms with Gasteiger partial charge in [-0.2, -0.15) is 0 Å². The topological polar surface area (TPSA) is 75.3 Å². The summed E-state index contributed by atoms with van der Waals surface area (Å²) in [5.41, 5.74) is 1.80. The maximum Gasteiger partial charge on any atom is 0.257 e. The third-order valence-electron chi connectivity index (χ3n) is 2.96. The lowest BCUT2D eigenvalue weighted by Crippen LogP contribution is -2.15. The molecule has 2 rings (SSSR count). The quantitative estimate of drug-likeness (QED) is 0.853. The predicted molar refractivity (Wildman–Crippen MR) is 94.1 cm³/mol. The van der Waals surface area contributed by atoms with E-state index in [1.165, 1.54) is 18.2 Å². The first-order valence-electron chi connectivity index (χ1n) is 6.50. The molecule has 0 atom stereocenters. The van der Waals surface area contributed by atoms with E-state index in [1.54, 1.807) is 18.2 Å². The molecule has 2 aromatic rings. The molecule has 2 aromatic carbocycles. The highest BCUT2D eigenvalue weighted by atomic mass is 35.5. The van der Waals surface area contributed by atoms with Crippen LogP contribution in [0.4, 0.5) is 11.4 Å². The highest BCUT2D eigenvalue weighted by Gasteiger charge is 2.14. The summed E-state index contributed by atoms with van der Waals surface area (Å²) in [5.74, 6) is -0.461. The summed E-state index contributed by atoms with van der Waals surface area (Å²) in [5, 5.41) is 3.41. The maximum absolute atomic E-state index is 12.4. The average Bonchev–Trinajstić information content (AvgIpc) is 2.43. The molecule has 0 fully saturated rings. The van der Waals surface area contributed by atoms with Crippen LogP contribution in [0.5, 0.6) is 0 Å². The SMILES string of the molecule is Cc1ccc(Cl)cc1NC(=O)c1cc(NS(C)(=O)=O)ccc1Cl. The molecule has 0 saturated heterocycles. The van der Waals surface area contributed by atoms with Crippen molar-refractivity contribution in [2.45, 2.75) is 6.92 Å². The summed E-state index contributed by atoms with van der Waals surface area (Å²) in [6, 6.07) is 9.43. The van der Waals surface area contributed by atoms with Crippen LogP contribution >= 0.6 is 23.2 Å². The first-order chi connectivity index (χ1) is 10.7. The molecule has 23 heavy (non-hydrogen) atoms. The molecule has 0 unspecified atom stereocenters. The van der Waals surface area contributed by atoms with Gasteiger partial charge < -0.3 is 5.32 Å². The van der Waals surface area contributed by atoms with Gasteiger partial charge in [0.25, 0.3) is 5.91 Å². The van der Waals surface area contributed by atoms with Crippen LogP contribution in [0.2, 0.25) is 10.0 Å². The molecule has 0 aliphatic rings. The first kappa shape index (κ1) is 17.6. The molecule has 5 nitrogen and oxygen atoms in total. The molecular weight excluding hydrogens is 359 g/mol. The Kier molecular flexibility index (Phi) is 5.19. The molecule has 2 N–H and O–H groups in total. The van der Waals surface area contributed by atoms with E-state index in [9.17, 15) is 13.2 Å². The van der Waals surface area contributed by atoms with Crippen LogP contribution in [0.1, 0.15) is 15.9 Å². The molecule has 0 spiro atoms. The van der Waals surface area contributed by atoms with E-state index >= 15 is 0 Å². The Hall–Kier alpha value is -1.76. The summed E-state index contributed by atoms with van der Waals surface area (Å²) in [6.45, 7) is 1.83. The monoisotopic (exact) mass is 372 g/mol. The van der Waals surface area contributed by atoms with E-state index in [0.29, 0.717) is 10.7 Å². The maximum atomic E-state index is 12.4. The van der Waals surface area contributed by atoms with Crippen molar-refractivity contribution in [2.24, 2.45) is 0 Å². The Bertz CT molecular complexity index is 867. The van der Waals surface area contributed by atoms with Crippen molar-refractivity contribution in [1.82, 2.24) is 0 Å². The summed E-state index contributed by atoms with van der Waals surface area (Å²) >= 11 is 12.0. The van der Waals surface area contributed by atoms with E-state index in [-0.39, 0.29) is 16.3 Å². The van der Waals surface area contributed by atoms with Gasteiger partial charge in [0.2, 0.25) is 10.0 Å². The van der Waals surface area contributed by atoms with Crippen molar-refractivity contribution < 1.29 is 13.2 Å². The zero-order valence-electron chi connectivity index (χ0n) is 12.4. The standard InChI is InChI=1S/C15H14Cl2N2O3S/c1-9-3-4-10(16)7-14(9)18-15(20)12-8-11(5-6-13(12)17)19-23(2,21)22/h3-8,19H,1-2H3,(H,18,20). The molecule has 0 aliphatic heterocycles. The van der Waals surface area contributed by atoms with E-state index < -0.39 is 15.9 Å². The molecule has 0 bridgehead atoms. The second-order valence-corrected chi connectivity index (χ2v) is 7.57. The van der Waals surface area contributed by atoms with Crippen molar-refractivity contribution in [3.05, 3.63) is 57.6 Å². The fourth-order valence-electron chi connectivity index (χ4n) is 1.90. The number of hydrogen-bond donors (Lipinski definition) is 2. The van der Waals surface area contributed by atoms with E-state index in [1.807, 2.05) is 6.92 Å². The molecule has 8 heteroatoms. The van der Waals surface area contributed by atoms with Gasteiger partial charge in [0.15, 0.2) is 0 Å². The zero-order chi connectivity index (χ0) is 17.2. The van der Waals surface area contributed by atoms with Gasteiger partial charge in [0.05, 0.1) is 16.8 Å². The van der Waals surface area contributed by atoms with Crippen LogP contribution in [-0.4, -0.2) is 20.6 Å². The number of anilines is 2. The van der Waals surface area contributed by atoms with E-state index in [2.05, 4.69) is 10.0 Å². The minimum atomic E-state index is -3.45. The van der Waals surface area contributed by atoms with Crippen LogP contribution in [-0.2, 0) is 10.0 Å². The normalized spacial score (nSPS) is 11.1. The highest BCUT2D eigenvalue weighted by molar-refractivity contribution is 7.92. The van der Waals surface area contributed by atoms with E-state index in [0.717, 1.165) is 11.8 Å². The van der Waals surface area contributed by atoms with Crippen LogP contribution < -0.4 is 10.0 Å². The van der Waals surface area contributed by atoms with Crippen molar-refractivity contribution in [3.63, 3.8) is 0 Å². The Morgan fingerprint density at radius 1 is 1.09 bits per heavy atom. The molecule has 0 aliphatic carbocycles. The van der Waals surface area contributed by atoms with Crippen molar-refractivity contribution in [1.29, 1.82) is 0 Å². The third-order valence-corrected chi connectivity index (χ3v) is 4.13. The molecule has 1 amide bonds. The van der Waals surface area contributed by atoms with Gasteiger partial charge in [-0.15, -0.1) is 0 Å². The Balaban J connectivity index is 2.31. The number of benzene rings is 2. The van der Waals surface area contributed by atoms with Gasteiger partial charge in [0.1, 0.15) is 0 Å². The summed E-state index contributed by atoms with van der Waals surface area (Å²) in [4.78, 5) is 12.4. The summed E-state index contributed by atoms with van der Waals surface area (Å²) in [6.07, 6.45) is 1.02. The lowest BCUT2D eigenvalue weighted by atomic mass is 10.1. The number of hydrogen-bond acceptors (Lipinski definition) is 3. The fourth-order valence-corrected chi connectivity index (χ4v) is 2.83.